The molecule has 6 N–H and O–H groups in total. The maximum atomic E-state index is 12.3. The van der Waals surface area contributed by atoms with Gasteiger partial charge in [-0.15, -0.1) is 0 Å². The van der Waals surface area contributed by atoms with Gasteiger partial charge in [0.15, 0.2) is 0 Å². The van der Waals surface area contributed by atoms with E-state index < -0.39 is 43.2 Å². The summed E-state index contributed by atoms with van der Waals surface area (Å²) in [5, 5.41) is 65.4. The van der Waals surface area contributed by atoms with Crippen molar-refractivity contribution in [2.24, 2.45) is 50.7 Å². The van der Waals surface area contributed by atoms with Gasteiger partial charge in [-0.1, -0.05) is 53.2 Å². The molecule has 0 amide bonds. The van der Waals surface area contributed by atoms with Crippen LogP contribution in [0.15, 0.2) is 11.6 Å². The number of aliphatic hydroxyl groups excluding tert-OH is 6. The predicted molar refractivity (Wildman–Crippen MR) is 172 cm³/mol. The van der Waals surface area contributed by atoms with Gasteiger partial charge in [0.25, 0.3) is 0 Å². The summed E-state index contributed by atoms with van der Waals surface area (Å²) < 4.78 is 6.10. The van der Waals surface area contributed by atoms with E-state index in [0.717, 1.165) is 57.8 Å². The van der Waals surface area contributed by atoms with E-state index >= 15 is 0 Å². The Hall–Kier alpha value is -0.540. The first-order valence-corrected chi connectivity index (χ1v) is 17.7. The van der Waals surface area contributed by atoms with E-state index in [0.29, 0.717) is 18.3 Å². The van der Waals surface area contributed by atoms with Gasteiger partial charge in [0, 0.05) is 0 Å². The van der Waals surface area contributed by atoms with Crippen LogP contribution in [0.1, 0.15) is 120 Å². The normalized spacial score (nSPS) is 51.5. The first-order valence-electron chi connectivity index (χ1n) is 17.7. The van der Waals surface area contributed by atoms with Crippen LogP contribution in [0.25, 0.3) is 0 Å². The van der Waals surface area contributed by atoms with Gasteiger partial charge >= 0.3 is 0 Å². The van der Waals surface area contributed by atoms with Crippen LogP contribution in [-0.4, -0.2) is 80.0 Å². The molecular formula is C37H64O7. The Labute approximate surface area is 266 Å². The lowest BCUT2D eigenvalue weighted by Crippen LogP contribution is -2.66. The van der Waals surface area contributed by atoms with E-state index in [2.05, 4.69) is 61.5 Å². The molecule has 1 aliphatic heterocycles. The van der Waals surface area contributed by atoms with Crippen molar-refractivity contribution < 1.29 is 35.4 Å². The zero-order valence-electron chi connectivity index (χ0n) is 28.8. The summed E-state index contributed by atoms with van der Waals surface area (Å²) >= 11 is 0. The monoisotopic (exact) mass is 620 g/mol. The van der Waals surface area contributed by atoms with Crippen molar-refractivity contribution in [2.45, 2.75) is 162 Å². The minimum Gasteiger partial charge on any atom is -0.394 e. The number of ether oxygens (including phenoxy) is 1. The van der Waals surface area contributed by atoms with Crippen LogP contribution in [0.5, 0.6) is 0 Å². The Balaban J connectivity index is 1.49. The molecule has 4 saturated carbocycles. The standard InChI is InChI=1S/C37H64O7/c1-21(2)10-9-14-34(5,19-24-30(41)32(43)31(42)25(20-38)44-24)22-11-16-37(8)29(22)23(39)18-27-35(6)15-13-28(40)33(3,4)26(35)12-17-36(27,37)7/h10,22-32,38-43H,9,11-20H2,1-8H3/t22-,23+,24-,25?,26?,27?,28-,29?,30?,31+,32?,34+,35-,36+,37+/m0/s1. The molecule has 15 atom stereocenters. The van der Waals surface area contributed by atoms with Crippen LogP contribution in [0.2, 0.25) is 0 Å². The first kappa shape index (κ1) is 34.8. The molecule has 5 fully saturated rings. The molecule has 4 aliphatic carbocycles. The molecule has 0 bridgehead atoms. The van der Waals surface area contributed by atoms with Crippen molar-refractivity contribution in [2.75, 3.05) is 6.61 Å². The van der Waals surface area contributed by atoms with Gasteiger partial charge < -0.3 is 35.4 Å². The van der Waals surface area contributed by atoms with Crippen LogP contribution in [0.4, 0.5) is 0 Å². The molecule has 0 spiro atoms. The molecule has 7 nitrogen and oxygen atoms in total. The molecule has 44 heavy (non-hydrogen) atoms. The van der Waals surface area contributed by atoms with Crippen molar-refractivity contribution in [3.8, 4) is 0 Å². The van der Waals surface area contributed by atoms with Gasteiger partial charge in [-0.3, -0.25) is 0 Å². The highest BCUT2D eigenvalue weighted by molar-refractivity contribution is 5.20. The number of allylic oxidation sites excluding steroid dienone is 2. The molecule has 5 aliphatic rings. The number of hydrogen-bond donors (Lipinski definition) is 6. The van der Waals surface area contributed by atoms with Gasteiger partial charge in [0.05, 0.1) is 24.9 Å². The third kappa shape index (κ3) is 5.18. The van der Waals surface area contributed by atoms with Crippen LogP contribution >= 0.6 is 0 Å². The molecule has 1 heterocycles. The van der Waals surface area contributed by atoms with Crippen molar-refractivity contribution >= 4 is 0 Å². The van der Waals surface area contributed by atoms with E-state index in [9.17, 15) is 30.6 Å². The highest BCUT2D eigenvalue weighted by Crippen LogP contribution is 2.76. The maximum Gasteiger partial charge on any atom is 0.111 e. The van der Waals surface area contributed by atoms with Crippen molar-refractivity contribution in [3.63, 3.8) is 0 Å². The molecule has 0 aromatic heterocycles. The van der Waals surface area contributed by atoms with Crippen LogP contribution in [0.3, 0.4) is 0 Å². The molecular weight excluding hydrogens is 556 g/mol. The Morgan fingerprint density at radius 3 is 2.09 bits per heavy atom. The average molecular weight is 621 g/mol. The summed E-state index contributed by atoms with van der Waals surface area (Å²) in [4.78, 5) is 0. The number of hydrogen-bond acceptors (Lipinski definition) is 7. The van der Waals surface area contributed by atoms with Gasteiger partial charge in [-0.2, -0.15) is 0 Å². The SMILES string of the molecule is CC(C)=CCC[C@](C)(C[C@@H]1OC(CO)[C@@H](O)C(O)C1O)[C@H]1CC[C@]2(C)C1[C@H](O)CC1[C@@]3(C)CC[C@H](O)C(C)(C)C3CC[C@]12C. The van der Waals surface area contributed by atoms with Gasteiger partial charge in [-0.25, -0.2) is 0 Å². The second-order valence-electron chi connectivity index (χ2n) is 17.9. The van der Waals surface area contributed by atoms with E-state index in [-0.39, 0.29) is 45.0 Å². The van der Waals surface area contributed by atoms with E-state index in [1.54, 1.807) is 0 Å². The van der Waals surface area contributed by atoms with E-state index in [1.165, 1.54) is 5.57 Å². The van der Waals surface area contributed by atoms with E-state index in [1.807, 2.05) is 0 Å². The zero-order chi connectivity index (χ0) is 32.6. The minimum absolute atomic E-state index is 0.0542. The maximum absolute atomic E-state index is 12.3. The molecule has 1 saturated heterocycles. The second kappa shape index (κ2) is 11.9. The summed E-state index contributed by atoms with van der Waals surface area (Å²) in [6, 6.07) is 0. The lowest BCUT2D eigenvalue weighted by molar-refractivity contribution is -0.250. The minimum atomic E-state index is -1.38. The summed E-state index contributed by atoms with van der Waals surface area (Å²) in [5.41, 5.74) is 0.913. The Bertz CT molecular complexity index is 1070. The second-order valence-corrected chi connectivity index (χ2v) is 17.9. The topological polar surface area (TPSA) is 131 Å². The molecule has 7 heteroatoms. The smallest absolute Gasteiger partial charge is 0.111 e. The zero-order valence-corrected chi connectivity index (χ0v) is 28.8. The predicted octanol–water partition coefficient (Wildman–Crippen LogP) is 4.99. The summed E-state index contributed by atoms with van der Waals surface area (Å²) in [6.07, 6.45) is 5.04. The number of rotatable bonds is 7. The fourth-order valence-corrected chi connectivity index (χ4v) is 12.5. The summed E-state index contributed by atoms with van der Waals surface area (Å²) in [6.45, 7) is 18.1. The van der Waals surface area contributed by atoms with Crippen molar-refractivity contribution in [1.29, 1.82) is 0 Å². The molecule has 5 rings (SSSR count). The third-order valence-corrected chi connectivity index (χ3v) is 15.2. The summed E-state index contributed by atoms with van der Waals surface area (Å²) in [7, 11) is 0. The van der Waals surface area contributed by atoms with Gasteiger partial charge in [0.1, 0.15) is 24.4 Å². The number of fused-ring (bicyclic) bond motifs is 5. The molecule has 0 aromatic carbocycles. The fourth-order valence-electron chi connectivity index (χ4n) is 12.5. The highest BCUT2D eigenvalue weighted by atomic mass is 16.5. The Morgan fingerprint density at radius 2 is 1.45 bits per heavy atom. The van der Waals surface area contributed by atoms with Crippen molar-refractivity contribution in [3.05, 3.63) is 11.6 Å². The van der Waals surface area contributed by atoms with Crippen LogP contribution < -0.4 is 0 Å². The lowest BCUT2D eigenvalue weighted by Gasteiger charge is -2.70. The van der Waals surface area contributed by atoms with Crippen LogP contribution in [-0.2, 0) is 4.74 Å². The average Bonchev–Trinajstić information content (AvgIpc) is 3.33. The third-order valence-electron chi connectivity index (χ3n) is 15.2. The molecule has 6 unspecified atom stereocenters. The molecule has 0 aromatic rings. The first-order chi connectivity index (χ1) is 20.4. The van der Waals surface area contributed by atoms with Gasteiger partial charge in [-0.05, 0) is 129 Å². The number of aliphatic hydroxyl groups is 6. The Morgan fingerprint density at radius 1 is 0.818 bits per heavy atom. The van der Waals surface area contributed by atoms with Crippen LogP contribution in [0, 0.1) is 50.7 Å². The Kier molecular flexibility index (Phi) is 9.37. The van der Waals surface area contributed by atoms with E-state index in [4.69, 9.17) is 4.74 Å². The molecule has 0 radical (unpaired) electrons. The largest absolute Gasteiger partial charge is 0.394 e. The highest BCUT2D eigenvalue weighted by Gasteiger charge is 2.71. The lowest BCUT2D eigenvalue weighted by atomic mass is 9.35. The van der Waals surface area contributed by atoms with Gasteiger partial charge in [0.2, 0.25) is 0 Å². The molecule has 254 valence electrons. The fraction of sp³-hybridized carbons (Fsp3) is 0.946. The summed E-state index contributed by atoms with van der Waals surface area (Å²) in [5.74, 6) is 1.13. The quantitative estimate of drug-likeness (QED) is 0.221. The van der Waals surface area contributed by atoms with Crippen molar-refractivity contribution in [1.82, 2.24) is 0 Å².